The summed E-state index contributed by atoms with van der Waals surface area (Å²) in [5, 5.41) is 0. The molecule has 0 bridgehead atoms. The van der Waals surface area contributed by atoms with Gasteiger partial charge in [0.25, 0.3) is 0 Å². The van der Waals surface area contributed by atoms with Gasteiger partial charge in [-0.15, -0.1) is 0 Å². The highest BCUT2D eigenvalue weighted by Gasteiger charge is 2.12. The molecule has 0 saturated heterocycles. The van der Waals surface area contributed by atoms with E-state index in [2.05, 4.69) is 59.4 Å². The van der Waals surface area contributed by atoms with Crippen LogP contribution in [0, 0.1) is 0 Å². The van der Waals surface area contributed by atoms with Crippen molar-refractivity contribution in [1.29, 1.82) is 0 Å². The van der Waals surface area contributed by atoms with Crippen molar-refractivity contribution in [1.82, 2.24) is 0 Å². The molecule has 1 aromatic carbocycles. The Kier molecular flexibility index (Phi) is 8.33. The van der Waals surface area contributed by atoms with E-state index in [1.165, 1.54) is 5.56 Å². The summed E-state index contributed by atoms with van der Waals surface area (Å²) >= 11 is 0. The van der Waals surface area contributed by atoms with Gasteiger partial charge >= 0.3 is 10.4 Å². The van der Waals surface area contributed by atoms with Crippen LogP contribution in [0.4, 0.5) is 0 Å². The minimum absolute atomic E-state index is 0.966. The molecule has 0 spiro atoms. The fourth-order valence-electron chi connectivity index (χ4n) is 1.56. The Balaban J connectivity index is 0.000000441. The van der Waals surface area contributed by atoms with Gasteiger partial charge in [-0.05, 0) is 6.08 Å². The molecule has 1 rings (SSSR count). The summed E-state index contributed by atoms with van der Waals surface area (Å²) < 4.78 is 28.5. The molecule has 5 nitrogen and oxygen atoms in total. The second-order valence-corrected chi connectivity index (χ2v) is 6.28. The van der Waals surface area contributed by atoms with Crippen LogP contribution in [0.1, 0.15) is 5.56 Å². The van der Waals surface area contributed by atoms with Gasteiger partial charge in [0.2, 0.25) is 0 Å². The molecule has 1 aromatic rings. The monoisotopic (exact) mass is 302 g/mol. The molecule has 0 aliphatic carbocycles. The van der Waals surface area contributed by atoms with Crippen LogP contribution in [0.3, 0.4) is 0 Å². The molecule has 0 aliphatic rings. The SMILES string of the molecule is C=CC[N+](C)(C)Cc1ccccc1.COS(=O)(=O)OC. The topological polar surface area (TPSA) is 52.6 Å². The van der Waals surface area contributed by atoms with E-state index in [0.717, 1.165) is 31.8 Å². The lowest BCUT2D eigenvalue weighted by Gasteiger charge is -2.28. The maximum absolute atomic E-state index is 9.92. The Labute approximate surface area is 122 Å². The van der Waals surface area contributed by atoms with Gasteiger partial charge in [0, 0.05) is 5.56 Å². The van der Waals surface area contributed by atoms with E-state index in [1.807, 2.05) is 6.08 Å². The number of rotatable bonds is 6. The summed E-state index contributed by atoms with van der Waals surface area (Å²) in [6.07, 6.45) is 1.98. The first-order chi connectivity index (χ1) is 9.26. The first-order valence-corrected chi connectivity index (χ1v) is 7.42. The van der Waals surface area contributed by atoms with E-state index >= 15 is 0 Å². The molecule has 0 aliphatic heterocycles. The molecule has 0 atom stereocenters. The third-order valence-corrected chi connectivity index (χ3v) is 3.30. The van der Waals surface area contributed by atoms with Crippen molar-refractivity contribution >= 4 is 10.4 Å². The zero-order chi connectivity index (χ0) is 15.6. The number of nitrogens with zero attached hydrogens (tertiary/aromatic N) is 1. The quantitative estimate of drug-likeness (QED) is 0.595. The molecule has 0 radical (unpaired) electrons. The average Bonchev–Trinajstić information content (AvgIpc) is 2.40. The van der Waals surface area contributed by atoms with E-state index < -0.39 is 10.4 Å². The lowest BCUT2D eigenvalue weighted by Crippen LogP contribution is -2.38. The Bertz CT molecular complexity index is 473. The maximum atomic E-state index is 9.92. The van der Waals surface area contributed by atoms with Crippen LogP contribution in [-0.4, -0.2) is 47.8 Å². The molecule has 0 unspecified atom stereocenters. The molecule has 6 heteroatoms. The maximum Gasteiger partial charge on any atom is 0.399 e. The van der Waals surface area contributed by atoms with Crippen LogP contribution >= 0.6 is 0 Å². The molecule has 0 heterocycles. The zero-order valence-electron chi connectivity index (χ0n) is 12.6. The van der Waals surface area contributed by atoms with Gasteiger partial charge in [0.1, 0.15) is 6.54 Å². The lowest BCUT2D eigenvalue weighted by atomic mass is 10.2. The summed E-state index contributed by atoms with van der Waals surface area (Å²) in [7, 11) is 2.83. The van der Waals surface area contributed by atoms with Crippen molar-refractivity contribution in [2.75, 3.05) is 34.9 Å². The van der Waals surface area contributed by atoms with Crippen molar-refractivity contribution in [2.45, 2.75) is 6.54 Å². The number of hydrogen-bond acceptors (Lipinski definition) is 4. The van der Waals surface area contributed by atoms with Crippen molar-refractivity contribution in [3.63, 3.8) is 0 Å². The first-order valence-electron chi connectivity index (χ1n) is 6.09. The second-order valence-electron chi connectivity index (χ2n) is 4.79. The standard InChI is InChI=1S/C12H18N.C2H6O4S/c1-4-10-13(2,3)11-12-8-6-5-7-9-12;1-5-7(3,4)6-2/h4-9H,1,10-11H2,2-3H3;1-2H3/q+1;. The molecule has 0 N–H and O–H groups in total. The summed E-state index contributed by atoms with van der Waals surface area (Å²) in [5.74, 6) is 0. The van der Waals surface area contributed by atoms with Crippen molar-refractivity contribution in [3.8, 4) is 0 Å². The summed E-state index contributed by atoms with van der Waals surface area (Å²) in [4.78, 5) is 0. The van der Waals surface area contributed by atoms with Gasteiger partial charge in [-0.1, -0.05) is 36.9 Å². The summed E-state index contributed by atoms with van der Waals surface area (Å²) in [5.41, 5.74) is 1.38. The summed E-state index contributed by atoms with van der Waals surface area (Å²) in [6, 6.07) is 10.6. The molecular weight excluding hydrogens is 278 g/mol. The minimum Gasteiger partial charge on any atom is -0.321 e. The fraction of sp³-hybridized carbons (Fsp3) is 0.429. The smallest absolute Gasteiger partial charge is 0.321 e. The van der Waals surface area contributed by atoms with Crippen molar-refractivity contribution in [3.05, 3.63) is 48.6 Å². The number of quaternary nitrogens is 1. The Morgan fingerprint density at radius 3 is 2.00 bits per heavy atom. The highest BCUT2D eigenvalue weighted by atomic mass is 32.3. The van der Waals surface area contributed by atoms with E-state index in [0.29, 0.717) is 0 Å². The van der Waals surface area contributed by atoms with Gasteiger partial charge in [0.05, 0.1) is 34.9 Å². The average molecular weight is 302 g/mol. The highest BCUT2D eigenvalue weighted by Crippen LogP contribution is 2.08. The Morgan fingerprint density at radius 2 is 1.65 bits per heavy atom. The first kappa shape index (κ1) is 18.8. The van der Waals surface area contributed by atoms with Gasteiger partial charge < -0.3 is 4.48 Å². The molecule has 0 amide bonds. The highest BCUT2D eigenvalue weighted by molar-refractivity contribution is 7.81. The van der Waals surface area contributed by atoms with Crippen LogP contribution in [0.2, 0.25) is 0 Å². The van der Waals surface area contributed by atoms with Crippen molar-refractivity contribution < 1.29 is 21.3 Å². The third-order valence-electron chi connectivity index (χ3n) is 2.49. The molecule has 20 heavy (non-hydrogen) atoms. The Hall–Kier alpha value is -1.21. The number of likely N-dealkylation sites (N-methyl/N-ethyl adjacent to an activating group) is 1. The summed E-state index contributed by atoms with van der Waals surface area (Å²) in [6.45, 7) is 5.84. The van der Waals surface area contributed by atoms with E-state index in [9.17, 15) is 8.42 Å². The number of benzene rings is 1. The third kappa shape index (κ3) is 8.82. The van der Waals surface area contributed by atoms with Crippen LogP contribution in [-0.2, 0) is 25.3 Å². The van der Waals surface area contributed by atoms with Crippen LogP contribution in [0.25, 0.3) is 0 Å². The van der Waals surface area contributed by atoms with Crippen LogP contribution in [0.15, 0.2) is 43.0 Å². The van der Waals surface area contributed by atoms with Gasteiger partial charge in [-0.3, -0.25) is 8.37 Å². The normalized spacial score (nSPS) is 11.4. The zero-order valence-corrected chi connectivity index (χ0v) is 13.4. The number of hydrogen-bond donors (Lipinski definition) is 0. The largest absolute Gasteiger partial charge is 0.399 e. The van der Waals surface area contributed by atoms with Gasteiger partial charge in [0.15, 0.2) is 0 Å². The van der Waals surface area contributed by atoms with Gasteiger partial charge in [-0.25, -0.2) is 0 Å². The molecular formula is C14H24NO4S+. The van der Waals surface area contributed by atoms with Crippen LogP contribution in [0.5, 0.6) is 0 Å². The Morgan fingerprint density at radius 1 is 1.15 bits per heavy atom. The second kappa shape index (κ2) is 8.86. The van der Waals surface area contributed by atoms with Gasteiger partial charge in [-0.2, -0.15) is 8.42 Å². The fourth-order valence-corrected chi connectivity index (χ4v) is 1.70. The molecule has 0 saturated carbocycles. The molecule has 114 valence electrons. The van der Waals surface area contributed by atoms with E-state index in [4.69, 9.17) is 0 Å². The van der Waals surface area contributed by atoms with E-state index in [1.54, 1.807) is 0 Å². The molecule has 0 fully saturated rings. The minimum atomic E-state index is -3.66. The lowest BCUT2D eigenvalue weighted by molar-refractivity contribution is -0.897. The van der Waals surface area contributed by atoms with Crippen LogP contribution < -0.4 is 0 Å². The predicted molar refractivity (Wildman–Crippen MR) is 80.3 cm³/mol. The predicted octanol–water partition coefficient (Wildman–Crippen LogP) is 1.97. The van der Waals surface area contributed by atoms with E-state index in [-0.39, 0.29) is 0 Å². The van der Waals surface area contributed by atoms with Crippen molar-refractivity contribution in [2.24, 2.45) is 0 Å². The molecule has 0 aromatic heterocycles.